The molecular formula is C8H17NO. The first kappa shape index (κ1) is 9.63. The van der Waals surface area contributed by atoms with E-state index >= 15 is 0 Å². The SMILES string of the molecule is CC(C)(C)CCC(=O)CN. The van der Waals surface area contributed by atoms with Crippen LogP contribution in [0.3, 0.4) is 0 Å². The number of Topliss-reactive ketones (excluding diaryl/α,β-unsaturated/α-hetero) is 1. The lowest BCUT2D eigenvalue weighted by Crippen LogP contribution is -2.16. The minimum atomic E-state index is 0.162. The Kier molecular flexibility index (Phi) is 3.58. The Labute approximate surface area is 62.8 Å². The maximum Gasteiger partial charge on any atom is 0.146 e. The molecule has 0 aromatic heterocycles. The number of rotatable bonds is 3. The zero-order valence-corrected chi connectivity index (χ0v) is 7.11. The van der Waals surface area contributed by atoms with Crippen LogP contribution in [0.5, 0.6) is 0 Å². The monoisotopic (exact) mass is 143 g/mol. The van der Waals surface area contributed by atoms with Crippen LogP contribution in [-0.4, -0.2) is 12.3 Å². The lowest BCUT2D eigenvalue weighted by Gasteiger charge is -2.16. The highest BCUT2D eigenvalue weighted by Gasteiger charge is 2.11. The molecule has 0 aromatic rings. The zero-order chi connectivity index (χ0) is 8.20. The van der Waals surface area contributed by atoms with Crippen LogP contribution in [0.25, 0.3) is 0 Å². The predicted octanol–water partition coefficient (Wildman–Crippen LogP) is 1.34. The summed E-state index contributed by atoms with van der Waals surface area (Å²) < 4.78 is 0. The molecule has 0 aromatic carbocycles. The number of nitrogens with two attached hydrogens (primary N) is 1. The quantitative estimate of drug-likeness (QED) is 0.648. The van der Waals surface area contributed by atoms with Gasteiger partial charge in [-0.1, -0.05) is 20.8 Å². The molecule has 2 heteroatoms. The van der Waals surface area contributed by atoms with Crippen molar-refractivity contribution in [3.63, 3.8) is 0 Å². The average molecular weight is 143 g/mol. The van der Waals surface area contributed by atoms with E-state index in [1.165, 1.54) is 0 Å². The number of hydrogen-bond donors (Lipinski definition) is 1. The van der Waals surface area contributed by atoms with Crippen LogP contribution in [0.2, 0.25) is 0 Å². The van der Waals surface area contributed by atoms with E-state index in [0.29, 0.717) is 6.42 Å². The molecule has 2 nitrogen and oxygen atoms in total. The van der Waals surface area contributed by atoms with Gasteiger partial charge < -0.3 is 5.73 Å². The molecule has 0 aliphatic rings. The lowest BCUT2D eigenvalue weighted by molar-refractivity contribution is -0.118. The number of hydrogen-bond acceptors (Lipinski definition) is 2. The van der Waals surface area contributed by atoms with Gasteiger partial charge in [-0.2, -0.15) is 0 Å². The highest BCUT2D eigenvalue weighted by molar-refractivity contribution is 5.80. The second kappa shape index (κ2) is 3.71. The number of ketones is 1. The molecule has 0 aliphatic heterocycles. The topological polar surface area (TPSA) is 43.1 Å². The fourth-order valence-corrected chi connectivity index (χ4v) is 0.616. The Morgan fingerprint density at radius 3 is 2.20 bits per heavy atom. The third kappa shape index (κ3) is 5.76. The molecule has 0 unspecified atom stereocenters. The van der Waals surface area contributed by atoms with Crippen LogP contribution in [0, 0.1) is 5.41 Å². The van der Waals surface area contributed by atoms with E-state index in [2.05, 4.69) is 20.8 Å². The zero-order valence-electron chi connectivity index (χ0n) is 7.11. The van der Waals surface area contributed by atoms with E-state index in [-0.39, 0.29) is 17.7 Å². The van der Waals surface area contributed by atoms with E-state index in [4.69, 9.17) is 5.73 Å². The third-order valence-electron chi connectivity index (χ3n) is 1.38. The summed E-state index contributed by atoms with van der Waals surface area (Å²) >= 11 is 0. The Bertz CT molecular complexity index is 113. The molecular weight excluding hydrogens is 126 g/mol. The van der Waals surface area contributed by atoms with Gasteiger partial charge in [-0.15, -0.1) is 0 Å². The molecule has 0 radical (unpaired) electrons. The summed E-state index contributed by atoms with van der Waals surface area (Å²) in [5.41, 5.74) is 5.41. The fraction of sp³-hybridized carbons (Fsp3) is 0.875. The van der Waals surface area contributed by atoms with Crippen molar-refractivity contribution in [1.82, 2.24) is 0 Å². The van der Waals surface area contributed by atoms with Crippen molar-refractivity contribution in [2.45, 2.75) is 33.6 Å². The lowest BCUT2D eigenvalue weighted by atomic mass is 9.90. The van der Waals surface area contributed by atoms with Crippen LogP contribution in [-0.2, 0) is 4.79 Å². The number of carbonyl (C=O) groups is 1. The third-order valence-corrected chi connectivity index (χ3v) is 1.38. The van der Waals surface area contributed by atoms with Crippen molar-refractivity contribution in [1.29, 1.82) is 0 Å². The molecule has 0 fully saturated rings. The summed E-state index contributed by atoms with van der Waals surface area (Å²) in [4.78, 5) is 10.7. The van der Waals surface area contributed by atoms with Gasteiger partial charge in [0, 0.05) is 6.42 Å². The first-order valence-electron chi connectivity index (χ1n) is 3.67. The van der Waals surface area contributed by atoms with E-state index in [0.717, 1.165) is 6.42 Å². The fourth-order valence-electron chi connectivity index (χ4n) is 0.616. The molecule has 0 amide bonds. The van der Waals surface area contributed by atoms with Crippen LogP contribution < -0.4 is 5.73 Å². The van der Waals surface area contributed by atoms with Gasteiger partial charge in [0.05, 0.1) is 6.54 Å². The van der Waals surface area contributed by atoms with Crippen LogP contribution in [0.15, 0.2) is 0 Å². The first-order chi connectivity index (χ1) is 4.45. The van der Waals surface area contributed by atoms with Crippen molar-refractivity contribution in [2.24, 2.45) is 11.1 Å². The Morgan fingerprint density at radius 2 is 1.90 bits per heavy atom. The maximum atomic E-state index is 10.7. The molecule has 0 saturated carbocycles. The molecule has 0 atom stereocenters. The van der Waals surface area contributed by atoms with E-state index in [9.17, 15) is 4.79 Å². The molecule has 10 heavy (non-hydrogen) atoms. The van der Waals surface area contributed by atoms with E-state index < -0.39 is 0 Å². The summed E-state index contributed by atoms with van der Waals surface area (Å²) in [7, 11) is 0. The molecule has 0 aliphatic carbocycles. The summed E-state index contributed by atoms with van der Waals surface area (Å²) in [6.45, 7) is 6.56. The highest BCUT2D eigenvalue weighted by atomic mass is 16.1. The molecule has 60 valence electrons. The smallest absolute Gasteiger partial charge is 0.146 e. The van der Waals surface area contributed by atoms with Crippen molar-refractivity contribution >= 4 is 5.78 Å². The van der Waals surface area contributed by atoms with Gasteiger partial charge >= 0.3 is 0 Å². The van der Waals surface area contributed by atoms with Gasteiger partial charge in [0.1, 0.15) is 5.78 Å². The van der Waals surface area contributed by atoms with E-state index in [1.54, 1.807) is 0 Å². The van der Waals surface area contributed by atoms with Crippen LogP contribution in [0.1, 0.15) is 33.6 Å². The summed E-state index contributed by atoms with van der Waals surface area (Å²) in [6, 6.07) is 0. The summed E-state index contributed by atoms with van der Waals surface area (Å²) in [6.07, 6.45) is 1.56. The van der Waals surface area contributed by atoms with Gasteiger partial charge in [0.25, 0.3) is 0 Å². The van der Waals surface area contributed by atoms with Crippen LogP contribution in [0.4, 0.5) is 0 Å². The molecule has 0 saturated heterocycles. The van der Waals surface area contributed by atoms with Gasteiger partial charge in [0.2, 0.25) is 0 Å². The van der Waals surface area contributed by atoms with Gasteiger partial charge in [-0.05, 0) is 11.8 Å². The summed E-state index contributed by atoms with van der Waals surface area (Å²) in [5.74, 6) is 0.162. The molecule has 0 rings (SSSR count). The largest absolute Gasteiger partial charge is 0.324 e. The van der Waals surface area contributed by atoms with Crippen molar-refractivity contribution in [3.05, 3.63) is 0 Å². The molecule has 0 spiro atoms. The maximum absolute atomic E-state index is 10.7. The van der Waals surface area contributed by atoms with Gasteiger partial charge in [-0.25, -0.2) is 0 Å². The standard InChI is InChI=1S/C8H17NO/c1-8(2,3)5-4-7(10)6-9/h4-6,9H2,1-3H3. The first-order valence-corrected chi connectivity index (χ1v) is 3.67. The Morgan fingerprint density at radius 1 is 1.40 bits per heavy atom. The minimum absolute atomic E-state index is 0.162. The average Bonchev–Trinajstić information content (AvgIpc) is 1.81. The van der Waals surface area contributed by atoms with Crippen molar-refractivity contribution < 1.29 is 4.79 Å². The van der Waals surface area contributed by atoms with Gasteiger partial charge in [-0.3, -0.25) is 4.79 Å². The Balaban J connectivity index is 3.46. The van der Waals surface area contributed by atoms with Crippen molar-refractivity contribution in [3.8, 4) is 0 Å². The summed E-state index contributed by atoms with van der Waals surface area (Å²) in [5, 5.41) is 0. The molecule has 2 N–H and O–H groups in total. The molecule has 0 bridgehead atoms. The van der Waals surface area contributed by atoms with E-state index in [1.807, 2.05) is 0 Å². The van der Waals surface area contributed by atoms with Gasteiger partial charge in [0.15, 0.2) is 0 Å². The van der Waals surface area contributed by atoms with Crippen molar-refractivity contribution in [2.75, 3.05) is 6.54 Å². The highest BCUT2D eigenvalue weighted by Crippen LogP contribution is 2.20. The predicted molar refractivity (Wildman–Crippen MR) is 42.8 cm³/mol. The minimum Gasteiger partial charge on any atom is -0.324 e. The Hall–Kier alpha value is -0.370. The second-order valence-electron chi connectivity index (χ2n) is 3.80. The molecule has 0 heterocycles. The normalized spacial score (nSPS) is 11.6. The second-order valence-corrected chi connectivity index (χ2v) is 3.80. The number of carbonyl (C=O) groups excluding carboxylic acids is 1. The van der Waals surface area contributed by atoms with Crippen LogP contribution >= 0.6 is 0 Å².